The first-order valence-corrected chi connectivity index (χ1v) is 9.38. The second kappa shape index (κ2) is 7.43. The normalized spacial score (nSPS) is 13.7. The van der Waals surface area contributed by atoms with Crippen molar-refractivity contribution >= 4 is 34.1 Å². The van der Waals surface area contributed by atoms with Gasteiger partial charge in [0.25, 0.3) is 11.5 Å². The molecule has 1 aliphatic heterocycles. The Morgan fingerprint density at radius 2 is 1.90 bits per heavy atom. The summed E-state index contributed by atoms with van der Waals surface area (Å²) in [5.74, 6) is 0.185. The van der Waals surface area contributed by atoms with E-state index in [0.717, 1.165) is 6.42 Å². The number of pyridine rings is 1. The zero-order chi connectivity index (χ0) is 20.5. The van der Waals surface area contributed by atoms with Gasteiger partial charge in [-0.3, -0.25) is 14.4 Å². The highest BCUT2D eigenvalue weighted by atomic mass is 16.5. The summed E-state index contributed by atoms with van der Waals surface area (Å²) in [6.45, 7) is 0.653. The number of methoxy groups -OCH3 is 1. The van der Waals surface area contributed by atoms with Gasteiger partial charge in [0.2, 0.25) is 5.91 Å². The van der Waals surface area contributed by atoms with Crippen LogP contribution in [0.25, 0.3) is 10.9 Å². The zero-order valence-electron chi connectivity index (χ0n) is 16.3. The number of hydrogen-bond acceptors (Lipinski definition) is 4. The molecule has 29 heavy (non-hydrogen) atoms. The first-order valence-electron chi connectivity index (χ1n) is 9.38. The Labute approximate surface area is 167 Å². The van der Waals surface area contributed by atoms with Crippen molar-refractivity contribution in [1.29, 1.82) is 0 Å². The summed E-state index contributed by atoms with van der Waals surface area (Å²) in [4.78, 5) is 38.9. The van der Waals surface area contributed by atoms with Gasteiger partial charge in [0, 0.05) is 43.2 Å². The molecular weight excluding hydrogens is 370 g/mol. The van der Waals surface area contributed by atoms with E-state index in [1.54, 1.807) is 36.2 Å². The molecular formula is C22H21N3O4. The highest BCUT2D eigenvalue weighted by Gasteiger charge is 2.24. The van der Waals surface area contributed by atoms with Gasteiger partial charge >= 0.3 is 0 Å². The van der Waals surface area contributed by atoms with Gasteiger partial charge in [0.1, 0.15) is 5.75 Å². The Morgan fingerprint density at radius 3 is 2.62 bits per heavy atom. The second-order valence-corrected chi connectivity index (χ2v) is 6.96. The monoisotopic (exact) mass is 391 g/mol. The molecule has 7 heteroatoms. The molecule has 0 aliphatic carbocycles. The van der Waals surface area contributed by atoms with E-state index in [-0.39, 0.29) is 17.4 Å². The van der Waals surface area contributed by atoms with Gasteiger partial charge < -0.3 is 19.5 Å². The molecule has 0 unspecified atom stereocenters. The number of aryl methyl sites for hydroxylation is 1. The lowest BCUT2D eigenvalue weighted by Gasteiger charge is -2.20. The van der Waals surface area contributed by atoms with Gasteiger partial charge in [-0.15, -0.1) is 0 Å². The third-order valence-electron chi connectivity index (χ3n) is 5.20. The number of carbonyl (C=O) groups is 2. The summed E-state index contributed by atoms with van der Waals surface area (Å²) in [5.41, 5.74) is 1.94. The Kier molecular flexibility index (Phi) is 4.80. The summed E-state index contributed by atoms with van der Waals surface area (Å²) in [7, 11) is 3.20. The number of amides is 2. The first kappa shape index (κ1) is 18.7. The van der Waals surface area contributed by atoms with Crippen LogP contribution in [0, 0.1) is 0 Å². The Hall–Kier alpha value is -3.61. The average molecular weight is 391 g/mol. The minimum atomic E-state index is -0.383. The van der Waals surface area contributed by atoms with Crippen LogP contribution in [0.2, 0.25) is 0 Å². The van der Waals surface area contributed by atoms with Gasteiger partial charge in [-0.25, -0.2) is 0 Å². The number of aromatic nitrogens is 1. The molecule has 3 aromatic rings. The maximum atomic E-state index is 12.9. The minimum Gasteiger partial charge on any atom is -0.494 e. The molecule has 2 amide bonds. The summed E-state index contributed by atoms with van der Waals surface area (Å²) in [5, 5.41) is 3.52. The van der Waals surface area contributed by atoms with Crippen LogP contribution >= 0.6 is 0 Å². The van der Waals surface area contributed by atoms with Gasteiger partial charge in [-0.1, -0.05) is 18.2 Å². The van der Waals surface area contributed by atoms with E-state index in [2.05, 4.69) is 5.32 Å². The third-order valence-corrected chi connectivity index (χ3v) is 5.20. The molecule has 1 N–H and O–H groups in total. The van der Waals surface area contributed by atoms with Crippen LogP contribution in [-0.4, -0.2) is 30.0 Å². The number of fused-ring (bicyclic) bond motifs is 1. The van der Waals surface area contributed by atoms with E-state index >= 15 is 0 Å². The third kappa shape index (κ3) is 3.35. The Bertz CT molecular complexity index is 1180. The summed E-state index contributed by atoms with van der Waals surface area (Å²) < 4.78 is 6.95. The van der Waals surface area contributed by atoms with Crippen molar-refractivity contribution < 1.29 is 14.3 Å². The van der Waals surface area contributed by atoms with Gasteiger partial charge in [-0.2, -0.15) is 0 Å². The smallest absolute Gasteiger partial charge is 0.256 e. The lowest BCUT2D eigenvalue weighted by atomic mass is 10.1. The van der Waals surface area contributed by atoms with Gasteiger partial charge in [-0.05, 0) is 24.6 Å². The van der Waals surface area contributed by atoms with Crippen molar-refractivity contribution in [1.82, 2.24) is 4.57 Å². The van der Waals surface area contributed by atoms with Crippen LogP contribution in [0.15, 0.2) is 53.3 Å². The molecule has 1 aromatic heterocycles. The van der Waals surface area contributed by atoms with Crippen molar-refractivity contribution in [3.05, 3.63) is 64.4 Å². The number of anilines is 2. The standard InChI is InChI=1S/C22H21N3O4/c1-24-17-7-4-3-6-15(17)16(13-21(24)27)22(28)23-14-9-10-18(19(12-14)29-2)25-11-5-8-20(25)26/h3-4,6-7,9-10,12-13H,5,8,11H2,1-2H3,(H,23,28). The van der Waals surface area contributed by atoms with Crippen LogP contribution in [0.4, 0.5) is 11.4 Å². The number of benzene rings is 2. The highest BCUT2D eigenvalue weighted by molar-refractivity contribution is 6.12. The largest absolute Gasteiger partial charge is 0.494 e. The van der Waals surface area contributed by atoms with E-state index in [0.29, 0.717) is 46.6 Å². The van der Waals surface area contributed by atoms with Crippen LogP contribution in [0.3, 0.4) is 0 Å². The minimum absolute atomic E-state index is 0.0617. The Balaban J connectivity index is 1.67. The number of rotatable bonds is 4. The van der Waals surface area contributed by atoms with Crippen molar-refractivity contribution in [3.63, 3.8) is 0 Å². The fourth-order valence-corrected chi connectivity index (χ4v) is 3.68. The van der Waals surface area contributed by atoms with Crippen molar-refractivity contribution in [2.75, 3.05) is 23.9 Å². The van der Waals surface area contributed by atoms with Gasteiger partial charge in [0.15, 0.2) is 0 Å². The van der Waals surface area contributed by atoms with Gasteiger partial charge in [0.05, 0.1) is 23.9 Å². The summed E-state index contributed by atoms with van der Waals surface area (Å²) >= 11 is 0. The second-order valence-electron chi connectivity index (χ2n) is 6.96. The van der Waals surface area contributed by atoms with Crippen LogP contribution < -0.4 is 20.5 Å². The zero-order valence-corrected chi connectivity index (χ0v) is 16.3. The fraction of sp³-hybridized carbons (Fsp3) is 0.227. The molecule has 2 aromatic carbocycles. The average Bonchev–Trinajstić information content (AvgIpc) is 3.16. The summed E-state index contributed by atoms with van der Waals surface area (Å²) in [6, 6.07) is 13.8. The highest BCUT2D eigenvalue weighted by Crippen LogP contribution is 2.34. The molecule has 1 aliphatic rings. The predicted octanol–water partition coefficient (Wildman–Crippen LogP) is 2.93. The molecule has 0 spiro atoms. The molecule has 148 valence electrons. The molecule has 1 saturated heterocycles. The Morgan fingerprint density at radius 1 is 1.10 bits per heavy atom. The van der Waals surface area contributed by atoms with Crippen molar-refractivity contribution in [2.24, 2.45) is 7.05 Å². The maximum absolute atomic E-state index is 12.9. The van der Waals surface area contributed by atoms with E-state index in [4.69, 9.17) is 4.74 Å². The maximum Gasteiger partial charge on any atom is 0.256 e. The molecule has 4 rings (SSSR count). The van der Waals surface area contributed by atoms with Crippen LogP contribution in [0.5, 0.6) is 5.75 Å². The molecule has 0 atom stereocenters. The predicted molar refractivity (Wildman–Crippen MR) is 112 cm³/mol. The lowest BCUT2D eigenvalue weighted by Crippen LogP contribution is -2.24. The number of ether oxygens (including phenoxy) is 1. The van der Waals surface area contributed by atoms with Crippen molar-refractivity contribution in [2.45, 2.75) is 12.8 Å². The number of para-hydroxylation sites is 1. The quantitative estimate of drug-likeness (QED) is 0.742. The number of hydrogen-bond donors (Lipinski definition) is 1. The number of nitrogens with zero attached hydrogens (tertiary/aromatic N) is 2. The molecule has 7 nitrogen and oxygen atoms in total. The fourth-order valence-electron chi connectivity index (χ4n) is 3.68. The molecule has 1 fully saturated rings. The van der Waals surface area contributed by atoms with Crippen molar-refractivity contribution in [3.8, 4) is 5.75 Å². The topological polar surface area (TPSA) is 80.6 Å². The lowest BCUT2D eigenvalue weighted by molar-refractivity contribution is -0.117. The SMILES string of the molecule is COc1cc(NC(=O)c2cc(=O)n(C)c3ccccc23)ccc1N1CCCC1=O. The van der Waals surface area contributed by atoms with E-state index in [1.807, 2.05) is 18.2 Å². The van der Waals surface area contributed by atoms with E-state index in [9.17, 15) is 14.4 Å². The van der Waals surface area contributed by atoms with E-state index in [1.165, 1.54) is 17.7 Å². The molecule has 0 saturated carbocycles. The first-order chi connectivity index (χ1) is 14.0. The van der Waals surface area contributed by atoms with Crippen LogP contribution in [0.1, 0.15) is 23.2 Å². The molecule has 0 radical (unpaired) electrons. The van der Waals surface area contributed by atoms with Crippen LogP contribution in [-0.2, 0) is 11.8 Å². The number of carbonyl (C=O) groups excluding carboxylic acids is 2. The molecule has 0 bridgehead atoms. The number of nitrogens with one attached hydrogen (secondary N) is 1. The van der Waals surface area contributed by atoms with E-state index < -0.39 is 0 Å². The molecule has 2 heterocycles. The summed E-state index contributed by atoms with van der Waals surface area (Å²) in [6.07, 6.45) is 1.34.